The molecule has 0 saturated carbocycles. The number of hydrogen-bond acceptors (Lipinski definition) is 2. The van der Waals surface area contributed by atoms with Crippen LogP contribution in [0.25, 0.3) is 6.08 Å². The van der Waals surface area contributed by atoms with Crippen LogP contribution >= 0.6 is 43.2 Å². The van der Waals surface area contributed by atoms with Crippen LogP contribution < -0.4 is 5.32 Å². The van der Waals surface area contributed by atoms with Crippen LogP contribution in [0, 0.1) is 0 Å². The van der Waals surface area contributed by atoms with Gasteiger partial charge in [-0.05, 0) is 34.1 Å². The predicted molar refractivity (Wildman–Crippen MR) is 72.1 cm³/mol. The molecule has 1 rings (SSSR count). The van der Waals surface area contributed by atoms with Crippen molar-refractivity contribution in [3.05, 3.63) is 37.9 Å². The first-order chi connectivity index (χ1) is 7.08. The molecule has 0 unspecified atom stereocenters. The van der Waals surface area contributed by atoms with Crippen LogP contribution in [0.15, 0.2) is 33.1 Å². The second-order valence-electron chi connectivity index (χ2n) is 2.71. The summed E-state index contributed by atoms with van der Waals surface area (Å²) < 4.78 is 1.81. The molecule has 1 heterocycles. The summed E-state index contributed by atoms with van der Waals surface area (Å²) in [6.07, 6.45) is 3.29. The van der Waals surface area contributed by atoms with Crippen molar-refractivity contribution in [1.29, 1.82) is 0 Å². The Morgan fingerprint density at radius 2 is 2.33 bits per heavy atom. The van der Waals surface area contributed by atoms with Gasteiger partial charge >= 0.3 is 0 Å². The highest BCUT2D eigenvalue weighted by Crippen LogP contribution is 2.22. The average molecular weight is 351 g/mol. The lowest BCUT2D eigenvalue weighted by Crippen LogP contribution is -2.21. The molecule has 1 amide bonds. The third-order valence-corrected chi connectivity index (χ3v) is 3.32. The van der Waals surface area contributed by atoms with Crippen molar-refractivity contribution in [2.24, 2.45) is 0 Å². The highest BCUT2D eigenvalue weighted by atomic mass is 79.9. The molecular weight excluding hydrogens is 342 g/mol. The van der Waals surface area contributed by atoms with Gasteiger partial charge in [-0.2, -0.15) is 0 Å². The molecule has 0 fully saturated rings. The van der Waals surface area contributed by atoms with Crippen molar-refractivity contribution in [1.82, 2.24) is 5.32 Å². The summed E-state index contributed by atoms with van der Waals surface area (Å²) in [6, 6.07) is 3.89. The number of halogens is 2. The fourth-order valence-corrected chi connectivity index (χ4v) is 2.28. The topological polar surface area (TPSA) is 29.1 Å². The molecule has 0 saturated heterocycles. The van der Waals surface area contributed by atoms with Gasteiger partial charge in [0.15, 0.2) is 0 Å². The molecule has 0 aliphatic heterocycles. The summed E-state index contributed by atoms with van der Waals surface area (Å²) in [5.74, 6) is -0.125. The van der Waals surface area contributed by atoms with Gasteiger partial charge in [-0.3, -0.25) is 4.79 Å². The molecule has 80 valence electrons. The van der Waals surface area contributed by atoms with E-state index in [1.807, 2.05) is 12.1 Å². The largest absolute Gasteiger partial charge is 0.348 e. The molecule has 0 aromatic carbocycles. The number of thiophene rings is 1. The Balaban J connectivity index is 2.44. The first kappa shape index (κ1) is 12.7. The molecule has 0 aliphatic carbocycles. The van der Waals surface area contributed by atoms with Gasteiger partial charge in [0.1, 0.15) is 0 Å². The smallest absolute Gasteiger partial charge is 0.244 e. The minimum Gasteiger partial charge on any atom is -0.348 e. The van der Waals surface area contributed by atoms with E-state index < -0.39 is 0 Å². The van der Waals surface area contributed by atoms with Crippen molar-refractivity contribution in [3.8, 4) is 0 Å². The second kappa shape index (κ2) is 6.25. The van der Waals surface area contributed by atoms with E-state index in [0.29, 0.717) is 6.54 Å². The van der Waals surface area contributed by atoms with E-state index in [9.17, 15) is 4.79 Å². The van der Waals surface area contributed by atoms with Gasteiger partial charge in [0.25, 0.3) is 0 Å². The fraction of sp³-hybridized carbons (Fsp3) is 0.100. The highest BCUT2D eigenvalue weighted by Gasteiger charge is 1.96. The third kappa shape index (κ3) is 5.30. The normalized spacial score (nSPS) is 10.5. The van der Waals surface area contributed by atoms with Crippen molar-refractivity contribution in [2.45, 2.75) is 0 Å². The summed E-state index contributed by atoms with van der Waals surface area (Å²) in [4.78, 5) is 12.3. The molecule has 0 spiro atoms. The number of carbonyl (C=O) groups excluding carboxylic acids is 1. The van der Waals surface area contributed by atoms with Crippen LogP contribution in [-0.2, 0) is 4.79 Å². The zero-order valence-corrected chi connectivity index (χ0v) is 11.8. The zero-order chi connectivity index (χ0) is 11.3. The fourth-order valence-electron chi connectivity index (χ4n) is 0.818. The molecule has 0 atom stereocenters. The van der Waals surface area contributed by atoms with Gasteiger partial charge < -0.3 is 5.32 Å². The van der Waals surface area contributed by atoms with Crippen molar-refractivity contribution in [3.63, 3.8) is 0 Å². The molecule has 0 aliphatic rings. The van der Waals surface area contributed by atoms with E-state index in [2.05, 4.69) is 43.8 Å². The van der Waals surface area contributed by atoms with E-state index in [1.165, 1.54) is 6.08 Å². The van der Waals surface area contributed by atoms with Crippen LogP contribution in [0.4, 0.5) is 0 Å². The molecule has 5 heteroatoms. The van der Waals surface area contributed by atoms with Gasteiger partial charge in [-0.1, -0.05) is 22.5 Å². The molecule has 1 N–H and O–H groups in total. The average Bonchev–Trinajstić information content (AvgIpc) is 2.58. The molecule has 2 nitrogen and oxygen atoms in total. The van der Waals surface area contributed by atoms with Gasteiger partial charge in [-0.25, -0.2) is 0 Å². The summed E-state index contributed by atoms with van der Waals surface area (Å²) in [5, 5.41) is 2.68. The van der Waals surface area contributed by atoms with E-state index in [-0.39, 0.29) is 5.91 Å². The molecule has 0 radical (unpaired) electrons. The lowest BCUT2D eigenvalue weighted by atomic mass is 10.4. The summed E-state index contributed by atoms with van der Waals surface area (Å²) in [6.45, 7) is 4.06. The molecule has 1 aromatic rings. The van der Waals surface area contributed by atoms with E-state index in [1.54, 1.807) is 17.4 Å². The Hall–Kier alpha value is -0.390. The Bertz CT molecular complexity index is 398. The standard InChI is InChI=1S/C10H9Br2NOS/c1-7(11)6-13-10(14)5-3-8-2-4-9(12)15-8/h2-5H,1,6H2,(H,13,14)/b5-3+. The Morgan fingerprint density at radius 1 is 1.60 bits per heavy atom. The van der Waals surface area contributed by atoms with Crippen LogP contribution in [0.2, 0.25) is 0 Å². The molecule has 1 aromatic heterocycles. The Labute approximate surface area is 109 Å². The SMILES string of the molecule is C=C(Br)CNC(=O)/C=C/c1ccc(Br)s1. The third-order valence-electron chi connectivity index (χ3n) is 1.45. The monoisotopic (exact) mass is 349 g/mol. The molecule has 0 bridgehead atoms. The quantitative estimate of drug-likeness (QED) is 0.826. The number of nitrogens with one attached hydrogen (secondary N) is 1. The Morgan fingerprint density at radius 3 is 2.87 bits per heavy atom. The van der Waals surface area contributed by atoms with Gasteiger partial charge in [0, 0.05) is 22.0 Å². The minimum absolute atomic E-state index is 0.125. The number of carbonyl (C=O) groups is 1. The van der Waals surface area contributed by atoms with Crippen LogP contribution in [-0.4, -0.2) is 12.5 Å². The second-order valence-corrected chi connectivity index (χ2v) is 6.33. The first-order valence-electron chi connectivity index (χ1n) is 4.12. The van der Waals surface area contributed by atoms with E-state index in [0.717, 1.165) is 13.1 Å². The summed E-state index contributed by atoms with van der Waals surface area (Å²) in [5.41, 5.74) is 0. The van der Waals surface area contributed by atoms with E-state index >= 15 is 0 Å². The van der Waals surface area contributed by atoms with Crippen LogP contribution in [0.5, 0.6) is 0 Å². The highest BCUT2D eigenvalue weighted by molar-refractivity contribution is 9.11. The van der Waals surface area contributed by atoms with Crippen molar-refractivity contribution in [2.75, 3.05) is 6.54 Å². The van der Waals surface area contributed by atoms with Crippen molar-refractivity contribution >= 4 is 55.2 Å². The van der Waals surface area contributed by atoms with Gasteiger partial charge in [0.05, 0.1) is 3.79 Å². The lowest BCUT2D eigenvalue weighted by Gasteiger charge is -1.97. The predicted octanol–water partition coefficient (Wildman–Crippen LogP) is 3.55. The Kier molecular flexibility index (Phi) is 5.28. The molecule has 15 heavy (non-hydrogen) atoms. The number of amides is 1. The summed E-state index contributed by atoms with van der Waals surface area (Å²) >= 11 is 8.10. The molecular formula is C10H9Br2NOS. The van der Waals surface area contributed by atoms with Gasteiger partial charge in [-0.15, -0.1) is 11.3 Å². The maximum Gasteiger partial charge on any atom is 0.244 e. The van der Waals surface area contributed by atoms with Crippen LogP contribution in [0.1, 0.15) is 4.88 Å². The maximum atomic E-state index is 11.3. The minimum atomic E-state index is -0.125. The number of rotatable bonds is 4. The maximum absolute atomic E-state index is 11.3. The summed E-state index contributed by atoms with van der Waals surface area (Å²) in [7, 11) is 0. The lowest BCUT2D eigenvalue weighted by molar-refractivity contribution is -0.116. The first-order valence-corrected chi connectivity index (χ1v) is 6.52. The number of hydrogen-bond donors (Lipinski definition) is 1. The van der Waals surface area contributed by atoms with Gasteiger partial charge in [0.2, 0.25) is 5.91 Å². The van der Waals surface area contributed by atoms with Crippen molar-refractivity contribution < 1.29 is 4.79 Å². The van der Waals surface area contributed by atoms with E-state index in [4.69, 9.17) is 0 Å². The van der Waals surface area contributed by atoms with Crippen LogP contribution in [0.3, 0.4) is 0 Å². The zero-order valence-electron chi connectivity index (χ0n) is 7.80.